The third-order valence-corrected chi connectivity index (χ3v) is 14.7. The standard InChI is InChI=1S/C68H120NO8P/c1-3-5-7-9-11-13-15-17-19-21-23-25-27-28-29-30-31-32-33-34-35-36-37-38-39-41-43-45-47-49-51-53-55-57-59-61-68(71)77-66(65-76-78(72,73)75-63-62-69)64-74-67(70)60-58-56-54-52-50-48-46-44-42-40-26-24-22-20-18-16-14-12-10-8-6-4-2/h5,7,11,13,17,19,23,25,28-29,31-32,34-35,37-38,66H,3-4,6,8-10,12,14-16,18,20-22,24,26-27,30,33,36,39-65,69H2,1-2H3,(H,72,73)/b7-5-,13-11-,19-17-,25-23-,29-28-,32-31-,35-34-,38-37-. The van der Waals surface area contributed by atoms with Crippen LogP contribution >= 0.6 is 7.82 Å². The van der Waals surface area contributed by atoms with E-state index in [1.807, 2.05) is 0 Å². The van der Waals surface area contributed by atoms with Gasteiger partial charge in [0, 0.05) is 19.4 Å². The Morgan fingerprint density at radius 1 is 0.397 bits per heavy atom. The molecule has 0 aliphatic rings. The van der Waals surface area contributed by atoms with E-state index in [1.165, 1.54) is 161 Å². The molecule has 0 aliphatic carbocycles. The maximum Gasteiger partial charge on any atom is 0.472 e. The summed E-state index contributed by atoms with van der Waals surface area (Å²) in [6.45, 7) is 3.66. The lowest BCUT2D eigenvalue weighted by Gasteiger charge is -2.19. The molecule has 9 nitrogen and oxygen atoms in total. The summed E-state index contributed by atoms with van der Waals surface area (Å²) in [5.74, 6) is -0.825. The molecule has 10 heteroatoms. The van der Waals surface area contributed by atoms with Gasteiger partial charge in [-0.2, -0.15) is 0 Å². The molecule has 0 heterocycles. The molecular weight excluding hydrogens is 990 g/mol. The summed E-state index contributed by atoms with van der Waals surface area (Å²) in [7, 11) is -4.39. The second kappa shape index (κ2) is 63.1. The van der Waals surface area contributed by atoms with Crippen molar-refractivity contribution < 1.29 is 37.6 Å². The second-order valence-electron chi connectivity index (χ2n) is 21.3. The maximum atomic E-state index is 12.7. The van der Waals surface area contributed by atoms with E-state index in [9.17, 15) is 19.0 Å². The molecule has 0 saturated heterocycles. The van der Waals surface area contributed by atoms with Gasteiger partial charge in [0.25, 0.3) is 0 Å². The number of carbonyl (C=O) groups excluding carboxylic acids is 2. The van der Waals surface area contributed by atoms with E-state index >= 15 is 0 Å². The Bertz CT molecular complexity index is 1600. The molecule has 0 amide bonds. The molecule has 2 atom stereocenters. The monoisotopic (exact) mass is 1110 g/mol. The average molecular weight is 1110 g/mol. The van der Waals surface area contributed by atoms with E-state index in [1.54, 1.807) is 0 Å². The number of phosphoric ester groups is 1. The highest BCUT2D eigenvalue weighted by atomic mass is 31.2. The minimum absolute atomic E-state index is 0.0503. The number of nitrogens with two attached hydrogens (primary N) is 1. The smallest absolute Gasteiger partial charge is 0.462 e. The van der Waals surface area contributed by atoms with Gasteiger partial charge in [-0.25, -0.2) is 4.57 Å². The number of unbranched alkanes of at least 4 members (excludes halogenated alkanes) is 31. The number of hydrogen-bond acceptors (Lipinski definition) is 8. The zero-order valence-electron chi connectivity index (χ0n) is 50.4. The van der Waals surface area contributed by atoms with Crippen LogP contribution in [0.2, 0.25) is 0 Å². The third-order valence-electron chi connectivity index (χ3n) is 13.7. The first-order chi connectivity index (χ1) is 38.3. The molecule has 0 aromatic heterocycles. The highest BCUT2D eigenvalue weighted by Crippen LogP contribution is 2.43. The predicted octanol–water partition coefficient (Wildman–Crippen LogP) is 20.8. The van der Waals surface area contributed by atoms with E-state index in [-0.39, 0.29) is 38.6 Å². The lowest BCUT2D eigenvalue weighted by atomic mass is 10.0. The quantitative estimate of drug-likeness (QED) is 0.0264. The first-order valence-corrected chi connectivity index (χ1v) is 33.7. The van der Waals surface area contributed by atoms with Crippen LogP contribution in [0.5, 0.6) is 0 Å². The molecule has 2 unspecified atom stereocenters. The van der Waals surface area contributed by atoms with E-state index < -0.39 is 26.5 Å². The number of phosphoric acid groups is 1. The van der Waals surface area contributed by atoms with Crippen LogP contribution in [0.15, 0.2) is 97.2 Å². The van der Waals surface area contributed by atoms with Crippen molar-refractivity contribution in [3.05, 3.63) is 97.2 Å². The molecule has 78 heavy (non-hydrogen) atoms. The van der Waals surface area contributed by atoms with Crippen LogP contribution in [0.25, 0.3) is 0 Å². The normalized spacial score (nSPS) is 13.6. The maximum absolute atomic E-state index is 12.7. The summed E-state index contributed by atoms with van der Waals surface area (Å²) < 4.78 is 33.1. The van der Waals surface area contributed by atoms with Crippen LogP contribution in [-0.4, -0.2) is 49.3 Å². The summed E-state index contributed by atoms with van der Waals surface area (Å²) in [5.41, 5.74) is 5.39. The zero-order valence-corrected chi connectivity index (χ0v) is 51.3. The Labute approximate surface area is 480 Å². The van der Waals surface area contributed by atoms with E-state index in [4.69, 9.17) is 24.3 Å². The fourth-order valence-electron chi connectivity index (χ4n) is 9.01. The van der Waals surface area contributed by atoms with Crippen molar-refractivity contribution in [3.8, 4) is 0 Å². The zero-order chi connectivity index (χ0) is 56.6. The summed E-state index contributed by atoms with van der Waals surface area (Å²) in [5, 5.41) is 0. The highest BCUT2D eigenvalue weighted by molar-refractivity contribution is 7.47. The van der Waals surface area contributed by atoms with Crippen molar-refractivity contribution in [2.75, 3.05) is 26.4 Å². The van der Waals surface area contributed by atoms with Gasteiger partial charge >= 0.3 is 19.8 Å². The molecule has 0 aromatic rings. The molecular formula is C68H120NO8P. The molecule has 0 saturated carbocycles. The summed E-state index contributed by atoms with van der Waals surface area (Å²) in [6.07, 6.45) is 84.7. The van der Waals surface area contributed by atoms with Crippen molar-refractivity contribution >= 4 is 19.8 Å². The Hall–Kier alpha value is -3.07. The summed E-state index contributed by atoms with van der Waals surface area (Å²) in [6, 6.07) is 0. The summed E-state index contributed by atoms with van der Waals surface area (Å²) >= 11 is 0. The minimum Gasteiger partial charge on any atom is -0.462 e. The number of ether oxygens (including phenoxy) is 2. The van der Waals surface area contributed by atoms with E-state index in [0.29, 0.717) is 6.42 Å². The van der Waals surface area contributed by atoms with Gasteiger partial charge in [-0.3, -0.25) is 18.6 Å². The van der Waals surface area contributed by atoms with Crippen molar-refractivity contribution in [1.82, 2.24) is 0 Å². The first kappa shape index (κ1) is 74.9. The molecule has 0 aromatic carbocycles. The number of esters is 2. The Balaban J connectivity index is 3.95. The number of allylic oxidation sites excluding steroid dienone is 16. The van der Waals surface area contributed by atoms with Crippen molar-refractivity contribution in [2.24, 2.45) is 5.73 Å². The van der Waals surface area contributed by atoms with E-state index in [0.717, 1.165) is 96.3 Å². The van der Waals surface area contributed by atoms with Gasteiger partial charge in [-0.15, -0.1) is 0 Å². The van der Waals surface area contributed by atoms with Crippen LogP contribution in [-0.2, 0) is 32.7 Å². The first-order valence-electron chi connectivity index (χ1n) is 32.2. The average Bonchev–Trinajstić information content (AvgIpc) is 3.43. The molecule has 0 radical (unpaired) electrons. The van der Waals surface area contributed by atoms with E-state index in [2.05, 4.69) is 111 Å². The van der Waals surface area contributed by atoms with Gasteiger partial charge < -0.3 is 20.1 Å². The molecule has 0 aliphatic heterocycles. The number of rotatable bonds is 60. The van der Waals surface area contributed by atoms with Crippen LogP contribution in [0.1, 0.15) is 290 Å². The van der Waals surface area contributed by atoms with Gasteiger partial charge in [0.2, 0.25) is 0 Å². The Morgan fingerprint density at radius 3 is 1.05 bits per heavy atom. The lowest BCUT2D eigenvalue weighted by Crippen LogP contribution is -2.29. The van der Waals surface area contributed by atoms with Crippen LogP contribution < -0.4 is 5.73 Å². The summed E-state index contributed by atoms with van der Waals surface area (Å²) in [4.78, 5) is 35.3. The molecule has 0 spiro atoms. The van der Waals surface area contributed by atoms with Crippen LogP contribution in [0, 0.1) is 0 Å². The predicted molar refractivity (Wildman–Crippen MR) is 335 cm³/mol. The third kappa shape index (κ3) is 62.1. The van der Waals surface area contributed by atoms with Gasteiger partial charge in [0.1, 0.15) is 6.61 Å². The largest absolute Gasteiger partial charge is 0.472 e. The molecule has 0 fully saturated rings. The topological polar surface area (TPSA) is 134 Å². The molecule has 0 rings (SSSR count). The SMILES string of the molecule is CC/C=C\C/C=C\C/C=C\C/C=C\C/C=C\C/C=C\C/C=C\C/C=C\CCCCCCCCCCCCC(=O)OC(COC(=O)CCCCCCCCCCCCCCCCCCCCCCCC)COP(=O)(O)OCCN. The molecule has 3 N–H and O–H groups in total. The van der Waals surface area contributed by atoms with Gasteiger partial charge in [-0.1, -0.05) is 297 Å². The lowest BCUT2D eigenvalue weighted by molar-refractivity contribution is -0.161. The fraction of sp³-hybridized carbons (Fsp3) is 0.735. The Kier molecular flexibility index (Phi) is 60.6. The van der Waals surface area contributed by atoms with Gasteiger partial charge in [-0.05, 0) is 77.0 Å². The van der Waals surface area contributed by atoms with Crippen molar-refractivity contribution in [2.45, 2.75) is 296 Å². The number of hydrogen-bond donors (Lipinski definition) is 2. The van der Waals surface area contributed by atoms with Crippen molar-refractivity contribution in [3.63, 3.8) is 0 Å². The second-order valence-corrected chi connectivity index (χ2v) is 22.7. The van der Waals surface area contributed by atoms with Gasteiger partial charge in [0.05, 0.1) is 13.2 Å². The minimum atomic E-state index is -4.39. The molecule has 450 valence electrons. The number of carbonyl (C=O) groups is 2. The fourth-order valence-corrected chi connectivity index (χ4v) is 9.77. The highest BCUT2D eigenvalue weighted by Gasteiger charge is 2.26. The Morgan fingerprint density at radius 2 is 0.705 bits per heavy atom. The van der Waals surface area contributed by atoms with Crippen LogP contribution in [0.3, 0.4) is 0 Å². The van der Waals surface area contributed by atoms with Crippen LogP contribution in [0.4, 0.5) is 0 Å². The van der Waals surface area contributed by atoms with Gasteiger partial charge in [0.15, 0.2) is 6.10 Å². The molecule has 0 bridgehead atoms. The van der Waals surface area contributed by atoms with Crippen molar-refractivity contribution in [1.29, 1.82) is 0 Å².